The number of aromatic nitrogens is 1. The maximum Gasteiger partial charge on any atom is 0.0740 e. The van der Waals surface area contributed by atoms with Crippen molar-refractivity contribution in [2.45, 2.75) is 5.41 Å². The highest BCUT2D eigenvalue weighted by molar-refractivity contribution is 6.12. The van der Waals surface area contributed by atoms with Gasteiger partial charge < -0.3 is 14.4 Å². The monoisotopic (exact) mass is 950 g/mol. The largest absolute Gasteiger partial charge is 0.310 e. The number of rotatable bonds is 10. The minimum Gasteiger partial charge on any atom is -0.310 e. The van der Waals surface area contributed by atoms with Crippen molar-refractivity contribution in [2.24, 2.45) is 0 Å². The third-order valence-corrected chi connectivity index (χ3v) is 14.7. The molecule has 3 nitrogen and oxygen atoms in total. The quantitative estimate of drug-likeness (QED) is 0.135. The van der Waals surface area contributed by atoms with Crippen molar-refractivity contribution in [3.05, 3.63) is 319 Å². The van der Waals surface area contributed by atoms with Crippen molar-refractivity contribution >= 4 is 66.7 Å². The fraction of sp³-hybridized carbons (Fsp3) is 0.0141. The molecule has 0 bridgehead atoms. The van der Waals surface area contributed by atoms with Gasteiger partial charge in [-0.05, 0) is 146 Å². The van der Waals surface area contributed by atoms with E-state index in [2.05, 4.69) is 160 Å². The first-order valence-corrected chi connectivity index (χ1v) is 24.9. The summed E-state index contributed by atoms with van der Waals surface area (Å²) in [5.74, 6) is 0. The molecule has 1 aromatic heterocycles. The van der Waals surface area contributed by atoms with Crippen molar-refractivity contribution in [1.82, 2.24) is 4.57 Å². The molecule has 1 aliphatic rings. The fourth-order valence-corrected chi connectivity index (χ4v) is 11.6. The molecule has 14 rings (SSSR count). The molecule has 13 aromatic rings. The predicted molar refractivity (Wildman–Crippen MR) is 310 cm³/mol. The maximum absolute atomic E-state index is 10.4. The lowest BCUT2D eigenvalue weighted by Crippen LogP contribution is -2.30. The average molecular weight is 951 g/mol. The van der Waals surface area contributed by atoms with Crippen LogP contribution in [-0.2, 0) is 5.41 Å². The lowest BCUT2D eigenvalue weighted by molar-refractivity contribution is 0.780. The van der Waals surface area contributed by atoms with Gasteiger partial charge in [0.2, 0.25) is 0 Å². The Morgan fingerprint density at radius 2 is 0.797 bits per heavy atom. The lowest BCUT2D eigenvalue weighted by Gasteiger charge is -2.36. The summed E-state index contributed by atoms with van der Waals surface area (Å²) in [5.41, 5.74) is 12.8. The van der Waals surface area contributed by atoms with Gasteiger partial charge >= 0.3 is 0 Å². The predicted octanol–water partition coefficient (Wildman–Crippen LogP) is 18.9. The summed E-state index contributed by atoms with van der Waals surface area (Å²) in [7, 11) is 0. The first-order chi connectivity index (χ1) is 39.6. The van der Waals surface area contributed by atoms with Gasteiger partial charge in [0.05, 0.1) is 26.0 Å². The highest BCUT2D eigenvalue weighted by Gasteiger charge is 2.49. The lowest BCUT2D eigenvalue weighted by atomic mass is 9.66. The molecular formula is C71H49N3. The number of nitrogens with zero attached hydrogens (tertiary/aromatic N) is 3. The van der Waals surface area contributed by atoms with Gasteiger partial charge in [-0.1, -0.05) is 206 Å². The van der Waals surface area contributed by atoms with Crippen LogP contribution in [0.15, 0.2) is 297 Å². The standard InChI is InChI=1S/C71H49N3/c1-6-22-50(23-7-1)51-40-42-57(43-41-51)73(55-30-12-4-13-31-55)59-45-47-67-64(49-59)63-48-58(72(53-26-8-2-9-27-53)54-28-10-3-11-29-54)44-46-66(63)71(67,65-37-20-25-52-24-16-17-34-60(52)65)68-38-21-36-62-61-35-18-19-39-69(61)74(70(62)68)56-32-14-5-15-33-56/h1-49H/i16D,17D,20D,24D,25D,34D,37D. The molecule has 0 aliphatic heterocycles. The van der Waals surface area contributed by atoms with Crippen LogP contribution in [0.2, 0.25) is 0 Å². The molecule has 0 saturated carbocycles. The molecule has 0 spiro atoms. The Morgan fingerprint density at radius 3 is 1.41 bits per heavy atom. The number of anilines is 6. The molecule has 348 valence electrons. The molecule has 3 heteroatoms. The Kier molecular flexibility index (Phi) is 8.75. The van der Waals surface area contributed by atoms with Crippen molar-refractivity contribution < 1.29 is 9.60 Å². The third kappa shape index (κ3) is 6.89. The molecule has 1 unspecified atom stereocenters. The maximum atomic E-state index is 10.4. The zero-order valence-electron chi connectivity index (χ0n) is 47.1. The number of hydrogen-bond donors (Lipinski definition) is 0. The summed E-state index contributed by atoms with van der Waals surface area (Å²) in [6.07, 6.45) is 0. The molecule has 0 N–H and O–H groups in total. The number of para-hydroxylation sites is 6. The Labute approximate surface area is 441 Å². The van der Waals surface area contributed by atoms with Crippen LogP contribution in [0, 0.1) is 0 Å². The van der Waals surface area contributed by atoms with E-state index < -0.39 is 35.6 Å². The minimum absolute atomic E-state index is 0.0259. The molecule has 0 radical (unpaired) electrons. The molecular weight excluding hydrogens is 895 g/mol. The van der Waals surface area contributed by atoms with E-state index >= 15 is 0 Å². The molecule has 1 aliphatic carbocycles. The third-order valence-electron chi connectivity index (χ3n) is 14.7. The van der Waals surface area contributed by atoms with Crippen LogP contribution in [0.4, 0.5) is 34.1 Å². The van der Waals surface area contributed by atoms with Crippen LogP contribution in [0.1, 0.15) is 31.8 Å². The van der Waals surface area contributed by atoms with Crippen molar-refractivity contribution in [3.63, 3.8) is 0 Å². The average Bonchev–Trinajstić information content (AvgIpc) is 2.26. The Hall–Kier alpha value is -9.70. The highest BCUT2D eigenvalue weighted by atomic mass is 15.1. The van der Waals surface area contributed by atoms with Gasteiger partial charge in [-0.3, -0.25) is 0 Å². The molecule has 1 atom stereocenters. The first kappa shape index (κ1) is 36.3. The molecule has 74 heavy (non-hydrogen) atoms. The zero-order chi connectivity index (χ0) is 55.1. The Balaban J connectivity index is 1.17. The van der Waals surface area contributed by atoms with E-state index in [0.717, 1.165) is 101 Å². The van der Waals surface area contributed by atoms with E-state index in [1.165, 1.54) is 0 Å². The second-order valence-electron chi connectivity index (χ2n) is 18.7. The SMILES string of the molecule is [2H]c1c([2H])c([2H])c2c(C3(c4cccc5c6ccccc6n(-c6ccccc6)c45)c4ccc(N(c5ccccc5)c5ccccc5)cc4-c4cc(N(c5ccccc5)c5ccc(-c6ccccc6)cc5)ccc43)c([2H])c([2H])c([2H])c2c1[2H]. The molecule has 0 fully saturated rings. The number of hydrogen-bond acceptors (Lipinski definition) is 2. The highest BCUT2D eigenvalue weighted by Crippen LogP contribution is 2.61. The normalized spacial score (nSPS) is 15.1. The van der Waals surface area contributed by atoms with E-state index in [1.54, 1.807) is 0 Å². The minimum atomic E-state index is -1.58. The summed E-state index contributed by atoms with van der Waals surface area (Å²) in [5, 5.41) is 1.85. The van der Waals surface area contributed by atoms with Gasteiger partial charge in [-0.25, -0.2) is 0 Å². The second kappa shape index (κ2) is 17.9. The topological polar surface area (TPSA) is 11.4 Å². The van der Waals surface area contributed by atoms with E-state index in [9.17, 15) is 8.22 Å². The Morgan fingerprint density at radius 1 is 0.324 bits per heavy atom. The van der Waals surface area contributed by atoms with Gasteiger partial charge in [-0.2, -0.15) is 0 Å². The van der Waals surface area contributed by atoms with Gasteiger partial charge in [0.1, 0.15) is 0 Å². The summed E-state index contributed by atoms with van der Waals surface area (Å²) in [6, 6.07) is 84.2. The summed E-state index contributed by atoms with van der Waals surface area (Å²) in [6.45, 7) is 0. The number of fused-ring (bicyclic) bond motifs is 7. The molecule has 0 amide bonds. The zero-order valence-corrected chi connectivity index (χ0v) is 40.1. The van der Waals surface area contributed by atoms with E-state index in [-0.39, 0.29) is 28.4 Å². The summed E-state index contributed by atoms with van der Waals surface area (Å²) in [4.78, 5) is 4.46. The van der Waals surface area contributed by atoms with Gasteiger partial charge in [-0.15, -0.1) is 0 Å². The van der Waals surface area contributed by atoms with Crippen molar-refractivity contribution in [1.29, 1.82) is 0 Å². The second-order valence-corrected chi connectivity index (χ2v) is 18.7. The van der Waals surface area contributed by atoms with Crippen LogP contribution in [0.3, 0.4) is 0 Å². The van der Waals surface area contributed by atoms with Gasteiger partial charge in [0, 0.05) is 50.6 Å². The van der Waals surface area contributed by atoms with Gasteiger partial charge in [0.15, 0.2) is 0 Å². The molecule has 0 saturated heterocycles. The number of benzene rings is 12. The van der Waals surface area contributed by atoms with E-state index in [4.69, 9.17) is 1.37 Å². The smallest absolute Gasteiger partial charge is 0.0740 e. The van der Waals surface area contributed by atoms with E-state index in [0.29, 0.717) is 0 Å². The Bertz CT molecular complexity index is 4550. The summed E-state index contributed by atoms with van der Waals surface area (Å²) < 4.78 is 69.6. The van der Waals surface area contributed by atoms with Crippen LogP contribution in [0.5, 0.6) is 0 Å². The van der Waals surface area contributed by atoms with Gasteiger partial charge in [0.25, 0.3) is 0 Å². The summed E-state index contributed by atoms with van der Waals surface area (Å²) >= 11 is 0. The fourth-order valence-electron chi connectivity index (χ4n) is 11.6. The van der Waals surface area contributed by atoms with Crippen LogP contribution >= 0.6 is 0 Å². The molecule has 1 heterocycles. The van der Waals surface area contributed by atoms with Crippen LogP contribution in [-0.4, -0.2) is 4.57 Å². The van der Waals surface area contributed by atoms with Crippen molar-refractivity contribution in [2.75, 3.05) is 9.80 Å². The van der Waals surface area contributed by atoms with Crippen molar-refractivity contribution in [3.8, 4) is 27.9 Å². The van der Waals surface area contributed by atoms with Crippen LogP contribution in [0.25, 0.3) is 60.5 Å². The first-order valence-electron chi connectivity index (χ1n) is 28.4. The van der Waals surface area contributed by atoms with E-state index in [1.807, 2.05) is 109 Å². The molecule has 12 aromatic carbocycles. The van der Waals surface area contributed by atoms with Crippen LogP contribution < -0.4 is 9.80 Å².